The van der Waals surface area contributed by atoms with Gasteiger partial charge in [0.1, 0.15) is 5.75 Å². The maximum atomic E-state index is 9.84. The van der Waals surface area contributed by atoms with Crippen molar-refractivity contribution in [3.05, 3.63) is 35.7 Å². The minimum absolute atomic E-state index is 0.184. The molecule has 4 N–H and O–H groups in total. The zero-order valence-corrected chi connectivity index (χ0v) is 11.1. The lowest BCUT2D eigenvalue weighted by Crippen LogP contribution is -2.15. The Kier molecular flexibility index (Phi) is 3.97. The second-order valence-electron chi connectivity index (χ2n) is 4.33. The normalized spacial score (nSPS) is 10.5. The minimum Gasteiger partial charge on any atom is -0.507 e. The Bertz CT molecular complexity index is 560. The Hall–Kier alpha value is -2.14. The van der Waals surface area contributed by atoms with Crippen LogP contribution in [0, 0.1) is 13.8 Å². The van der Waals surface area contributed by atoms with Crippen molar-refractivity contribution >= 4 is 5.69 Å². The largest absolute Gasteiger partial charge is 0.507 e. The van der Waals surface area contributed by atoms with E-state index in [1.807, 2.05) is 19.9 Å². The van der Waals surface area contributed by atoms with E-state index in [-0.39, 0.29) is 5.75 Å². The summed E-state index contributed by atoms with van der Waals surface area (Å²) in [6, 6.07) is 7.06. The number of aryl methyl sites for hydroxylation is 2. The van der Waals surface area contributed by atoms with E-state index in [4.69, 9.17) is 5.73 Å². The maximum Gasteiger partial charge on any atom is 0.163 e. The van der Waals surface area contributed by atoms with Gasteiger partial charge in [-0.05, 0) is 26.0 Å². The third kappa shape index (κ3) is 2.82. The van der Waals surface area contributed by atoms with Gasteiger partial charge in [0.15, 0.2) is 5.82 Å². The topological polar surface area (TPSA) is 84.1 Å². The molecule has 0 radical (unpaired) electrons. The zero-order chi connectivity index (χ0) is 13.8. The Morgan fingerprint density at radius 3 is 2.37 bits per heavy atom. The van der Waals surface area contributed by atoms with Gasteiger partial charge in [0.05, 0.1) is 22.6 Å². The Labute approximate surface area is 112 Å². The molecule has 19 heavy (non-hydrogen) atoms. The lowest BCUT2D eigenvalue weighted by Gasteiger charge is -2.12. The van der Waals surface area contributed by atoms with E-state index in [2.05, 4.69) is 15.3 Å². The molecular weight excluding hydrogens is 240 g/mol. The minimum atomic E-state index is 0.184. The second-order valence-corrected chi connectivity index (χ2v) is 4.33. The summed E-state index contributed by atoms with van der Waals surface area (Å²) >= 11 is 0. The molecule has 0 atom stereocenters. The van der Waals surface area contributed by atoms with Crippen molar-refractivity contribution in [2.24, 2.45) is 5.73 Å². The lowest BCUT2D eigenvalue weighted by atomic mass is 10.1. The molecule has 5 heteroatoms. The summed E-state index contributed by atoms with van der Waals surface area (Å²) in [5.41, 5.74) is 8.72. The van der Waals surface area contributed by atoms with E-state index in [1.165, 1.54) is 0 Å². The lowest BCUT2D eigenvalue weighted by molar-refractivity contribution is 0.477. The van der Waals surface area contributed by atoms with Crippen LogP contribution in [0.25, 0.3) is 11.4 Å². The first-order valence-corrected chi connectivity index (χ1v) is 6.21. The molecule has 0 amide bonds. The zero-order valence-electron chi connectivity index (χ0n) is 11.1. The highest BCUT2D eigenvalue weighted by Crippen LogP contribution is 2.28. The number of hydrogen-bond acceptors (Lipinski definition) is 5. The molecule has 0 saturated heterocycles. The Balaban J connectivity index is 2.43. The van der Waals surface area contributed by atoms with Gasteiger partial charge in [0, 0.05) is 13.1 Å². The van der Waals surface area contributed by atoms with E-state index in [0.29, 0.717) is 24.5 Å². The number of rotatable bonds is 4. The van der Waals surface area contributed by atoms with Crippen LogP contribution in [-0.2, 0) is 0 Å². The molecule has 2 rings (SSSR count). The van der Waals surface area contributed by atoms with Crippen molar-refractivity contribution in [1.29, 1.82) is 0 Å². The molecule has 0 bridgehead atoms. The van der Waals surface area contributed by atoms with Crippen molar-refractivity contribution < 1.29 is 5.11 Å². The van der Waals surface area contributed by atoms with Crippen LogP contribution in [0.3, 0.4) is 0 Å². The Morgan fingerprint density at radius 2 is 1.79 bits per heavy atom. The smallest absolute Gasteiger partial charge is 0.163 e. The predicted molar refractivity (Wildman–Crippen MR) is 76.2 cm³/mol. The fourth-order valence-electron chi connectivity index (χ4n) is 1.95. The highest BCUT2D eigenvalue weighted by molar-refractivity contribution is 5.66. The summed E-state index contributed by atoms with van der Waals surface area (Å²) in [5, 5.41) is 13.1. The average molecular weight is 258 g/mol. The number of hydrogen-bond donors (Lipinski definition) is 3. The highest BCUT2D eigenvalue weighted by Gasteiger charge is 2.11. The van der Waals surface area contributed by atoms with Crippen LogP contribution in [0.4, 0.5) is 5.69 Å². The van der Waals surface area contributed by atoms with E-state index >= 15 is 0 Å². The molecule has 1 heterocycles. The van der Waals surface area contributed by atoms with Crippen LogP contribution < -0.4 is 11.1 Å². The first-order valence-electron chi connectivity index (χ1n) is 6.21. The number of nitrogens with one attached hydrogen (secondary N) is 1. The highest BCUT2D eigenvalue weighted by atomic mass is 16.3. The van der Waals surface area contributed by atoms with Gasteiger partial charge >= 0.3 is 0 Å². The van der Waals surface area contributed by atoms with Crippen molar-refractivity contribution in [2.45, 2.75) is 13.8 Å². The van der Waals surface area contributed by atoms with Gasteiger partial charge in [-0.1, -0.05) is 12.1 Å². The van der Waals surface area contributed by atoms with Gasteiger partial charge in [0.2, 0.25) is 0 Å². The quantitative estimate of drug-likeness (QED) is 0.779. The van der Waals surface area contributed by atoms with Crippen molar-refractivity contribution in [1.82, 2.24) is 9.97 Å². The van der Waals surface area contributed by atoms with E-state index in [9.17, 15) is 5.11 Å². The molecule has 0 aliphatic carbocycles. The van der Waals surface area contributed by atoms with Gasteiger partial charge in [-0.3, -0.25) is 0 Å². The number of phenols is 1. The fraction of sp³-hybridized carbons (Fsp3) is 0.286. The van der Waals surface area contributed by atoms with Crippen LogP contribution in [0.1, 0.15) is 11.4 Å². The molecule has 0 unspecified atom stereocenters. The van der Waals surface area contributed by atoms with Gasteiger partial charge in [-0.15, -0.1) is 0 Å². The molecule has 5 nitrogen and oxygen atoms in total. The van der Waals surface area contributed by atoms with Crippen molar-refractivity contribution in [2.75, 3.05) is 18.4 Å². The number of aromatic nitrogens is 2. The Morgan fingerprint density at radius 1 is 1.16 bits per heavy atom. The molecule has 2 aromatic rings. The number of nitrogens with zero attached hydrogens (tertiary/aromatic N) is 2. The maximum absolute atomic E-state index is 9.84. The monoisotopic (exact) mass is 258 g/mol. The second kappa shape index (κ2) is 5.67. The van der Waals surface area contributed by atoms with Crippen LogP contribution in [0.5, 0.6) is 5.75 Å². The van der Waals surface area contributed by atoms with Crippen molar-refractivity contribution in [3.8, 4) is 17.1 Å². The molecular formula is C14H18N4O. The van der Waals surface area contributed by atoms with Gasteiger partial charge in [-0.25, -0.2) is 9.97 Å². The number of phenolic OH excluding ortho intramolecular Hbond substituents is 1. The van der Waals surface area contributed by atoms with E-state index < -0.39 is 0 Å². The summed E-state index contributed by atoms with van der Waals surface area (Å²) in [6.07, 6.45) is 0. The molecule has 0 aliphatic rings. The number of benzene rings is 1. The third-order valence-corrected chi connectivity index (χ3v) is 2.86. The third-order valence-electron chi connectivity index (χ3n) is 2.86. The van der Waals surface area contributed by atoms with Gasteiger partial charge in [0.25, 0.3) is 0 Å². The number of anilines is 1. The van der Waals surface area contributed by atoms with Crippen LogP contribution >= 0.6 is 0 Å². The number of aromatic hydroxyl groups is 1. The van der Waals surface area contributed by atoms with Gasteiger partial charge in [-0.2, -0.15) is 0 Å². The molecule has 0 saturated carbocycles. The van der Waals surface area contributed by atoms with Crippen LogP contribution in [0.15, 0.2) is 24.3 Å². The van der Waals surface area contributed by atoms with E-state index in [1.54, 1.807) is 18.2 Å². The standard InChI is InChI=1S/C14H18N4O/c1-9-13(16-8-7-15)10(2)18-14(17-9)11-5-3-4-6-12(11)19/h3-6,16,19H,7-8,15H2,1-2H3. The molecule has 0 aliphatic heterocycles. The SMILES string of the molecule is Cc1nc(-c2ccccc2O)nc(C)c1NCCN. The molecule has 100 valence electrons. The summed E-state index contributed by atoms with van der Waals surface area (Å²) in [7, 11) is 0. The van der Waals surface area contributed by atoms with Crippen LogP contribution in [0.2, 0.25) is 0 Å². The average Bonchev–Trinajstić information content (AvgIpc) is 2.38. The first-order chi connectivity index (χ1) is 9.13. The summed E-state index contributed by atoms with van der Waals surface area (Å²) < 4.78 is 0. The molecule has 0 fully saturated rings. The summed E-state index contributed by atoms with van der Waals surface area (Å²) in [6.45, 7) is 5.06. The van der Waals surface area contributed by atoms with Crippen molar-refractivity contribution in [3.63, 3.8) is 0 Å². The first kappa shape index (κ1) is 13.3. The summed E-state index contributed by atoms with van der Waals surface area (Å²) in [5.74, 6) is 0.718. The molecule has 1 aromatic carbocycles. The molecule has 1 aromatic heterocycles. The fourth-order valence-corrected chi connectivity index (χ4v) is 1.95. The number of nitrogens with two attached hydrogens (primary N) is 1. The summed E-state index contributed by atoms with van der Waals surface area (Å²) in [4.78, 5) is 8.89. The molecule has 0 spiro atoms. The van der Waals surface area contributed by atoms with Crippen LogP contribution in [-0.4, -0.2) is 28.2 Å². The van der Waals surface area contributed by atoms with E-state index in [0.717, 1.165) is 17.1 Å². The predicted octanol–water partition coefficient (Wildman–Crippen LogP) is 1.84. The number of para-hydroxylation sites is 1. The van der Waals surface area contributed by atoms with Gasteiger partial charge < -0.3 is 16.2 Å².